The Hall–Kier alpha value is -1.29. The Labute approximate surface area is 119 Å². The molecule has 0 spiro atoms. The summed E-state index contributed by atoms with van der Waals surface area (Å²) in [6.45, 7) is 10.0. The van der Waals surface area contributed by atoms with Gasteiger partial charge in [-0.1, -0.05) is 39.0 Å². The summed E-state index contributed by atoms with van der Waals surface area (Å²) in [4.78, 5) is 4.59. The van der Waals surface area contributed by atoms with E-state index in [1.165, 1.54) is 0 Å². The lowest BCUT2D eigenvalue weighted by Gasteiger charge is -2.27. The summed E-state index contributed by atoms with van der Waals surface area (Å²) >= 11 is 1.68. The van der Waals surface area contributed by atoms with Gasteiger partial charge in [0, 0.05) is 6.54 Å². The number of rotatable bonds is 4. The van der Waals surface area contributed by atoms with Crippen LogP contribution in [0, 0.1) is 11.3 Å². The average molecular weight is 278 g/mol. The third-order valence-electron chi connectivity index (χ3n) is 3.63. The minimum Gasteiger partial charge on any atom is -0.497 e. The van der Waals surface area contributed by atoms with Crippen molar-refractivity contribution < 1.29 is 4.74 Å². The van der Waals surface area contributed by atoms with Crippen molar-refractivity contribution in [2.24, 2.45) is 11.3 Å². The highest BCUT2D eigenvalue weighted by Crippen LogP contribution is 2.30. The molecule has 2 aromatic rings. The predicted molar refractivity (Wildman–Crippen MR) is 83.3 cm³/mol. The first kappa shape index (κ1) is 14.1. The summed E-state index contributed by atoms with van der Waals surface area (Å²) in [7, 11) is 1.69. The van der Waals surface area contributed by atoms with Gasteiger partial charge < -0.3 is 10.1 Å². The second-order valence-corrected chi connectivity index (χ2v) is 7.03. The van der Waals surface area contributed by atoms with Gasteiger partial charge in [-0.3, -0.25) is 0 Å². The van der Waals surface area contributed by atoms with E-state index in [0.29, 0.717) is 11.3 Å². The summed E-state index contributed by atoms with van der Waals surface area (Å²) < 4.78 is 6.39. The quantitative estimate of drug-likeness (QED) is 0.900. The van der Waals surface area contributed by atoms with Crippen molar-refractivity contribution in [3.05, 3.63) is 18.2 Å². The third-order valence-corrected chi connectivity index (χ3v) is 4.61. The smallest absolute Gasteiger partial charge is 0.183 e. The second kappa shape index (κ2) is 5.37. The summed E-state index contributed by atoms with van der Waals surface area (Å²) in [5, 5.41) is 4.43. The van der Waals surface area contributed by atoms with Crippen molar-refractivity contribution in [1.29, 1.82) is 0 Å². The highest BCUT2D eigenvalue weighted by molar-refractivity contribution is 7.22. The molecule has 0 aliphatic heterocycles. The first-order chi connectivity index (χ1) is 8.90. The van der Waals surface area contributed by atoms with Crippen LogP contribution >= 0.6 is 11.3 Å². The van der Waals surface area contributed by atoms with Crippen LogP contribution in [0.2, 0.25) is 0 Å². The summed E-state index contributed by atoms with van der Waals surface area (Å²) in [6.07, 6.45) is 0. The Morgan fingerprint density at radius 3 is 2.74 bits per heavy atom. The van der Waals surface area contributed by atoms with Gasteiger partial charge in [0.15, 0.2) is 5.13 Å². The number of ether oxygens (including phenoxy) is 1. The largest absolute Gasteiger partial charge is 0.497 e. The van der Waals surface area contributed by atoms with Crippen LogP contribution in [0.4, 0.5) is 5.13 Å². The van der Waals surface area contributed by atoms with E-state index in [1.807, 2.05) is 18.2 Å². The van der Waals surface area contributed by atoms with Crippen molar-refractivity contribution in [3.8, 4) is 5.75 Å². The van der Waals surface area contributed by atoms with E-state index in [4.69, 9.17) is 4.74 Å². The molecule has 3 nitrogen and oxygen atoms in total. The Bertz CT molecular complexity index is 557. The number of thiazole rings is 1. The molecule has 1 atom stereocenters. The van der Waals surface area contributed by atoms with Crippen LogP contribution in [-0.2, 0) is 0 Å². The van der Waals surface area contributed by atoms with Gasteiger partial charge in [-0.25, -0.2) is 4.98 Å². The molecule has 0 fully saturated rings. The molecule has 19 heavy (non-hydrogen) atoms. The molecule has 0 aliphatic rings. The van der Waals surface area contributed by atoms with Crippen molar-refractivity contribution in [3.63, 3.8) is 0 Å². The predicted octanol–water partition coefficient (Wildman–Crippen LogP) is 4.40. The zero-order chi connectivity index (χ0) is 14.0. The number of hydrogen-bond acceptors (Lipinski definition) is 4. The van der Waals surface area contributed by atoms with Gasteiger partial charge in [0.25, 0.3) is 0 Å². The molecule has 0 amide bonds. The van der Waals surface area contributed by atoms with Crippen LogP contribution in [0.25, 0.3) is 10.2 Å². The van der Waals surface area contributed by atoms with Gasteiger partial charge in [-0.2, -0.15) is 0 Å². The summed E-state index contributed by atoms with van der Waals surface area (Å²) in [6, 6.07) is 5.98. The molecule has 104 valence electrons. The highest BCUT2D eigenvalue weighted by atomic mass is 32.1. The van der Waals surface area contributed by atoms with Crippen molar-refractivity contribution in [2.75, 3.05) is 19.0 Å². The maximum Gasteiger partial charge on any atom is 0.183 e. The number of aromatic nitrogens is 1. The third kappa shape index (κ3) is 3.38. The molecule has 1 aromatic heterocycles. The minimum absolute atomic E-state index is 0.312. The Kier molecular flexibility index (Phi) is 3.99. The second-order valence-electron chi connectivity index (χ2n) is 6.00. The first-order valence-electron chi connectivity index (χ1n) is 6.58. The lowest BCUT2D eigenvalue weighted by molar-refractivity contribution is 0.274. The van der Waals surface area contributed by atoms with Crippen LogP contribution in [0.3, 0.4) is 0 Å². The highest BCUT2D eigenvalue weighted by Gasteiger charge is 2.19. The maximum absolute atomic E-state index is 5.23. The Morgan fingerprint density at radius 2 is 2.11 bits per heavy atom. The van der Waals surface area contributed by atoms with Gasteiger partial charge >= 0.3 is 0 Å². The zero-order valence-electron chi connectivity index (χ0n) is 12.3. The van der Waals surface area contributed by atoms with Gasteiger partial charge in [0.05, 0.1) is 17.3 Å². The van der Waals surface area contributed by atoms with E-state index in [-0.39, 0.29) is 0 Å². The number of methoxy groups -OCH3 is 1. The summed E-state index contributed by atoms with van der Waals surface area (Å²) in [5.74, 6) is 1.47. The van der Waals surface area contributed by atoms with E-state index >= 15 is 0 Å². The van der Waals surface area contributed by atoms with Gasteiger partial charge in [0.1, 0.15) is 5.75 Å². The molecular formula is C15H22N2OS. The molecule has 0 saturated heterocycles. The number of nitrogens with one attached hydrogen (secondary N) is 1. The van der Waals surface area contributed by atoms with E-state index in [0.717, 1.165) is 27.6 Å². The van der Waals surface area contributed by atoms with E-state index < -0.39 is 0 Å². The number of fused-ring (bicyclic) bond motifs is 1. The average Bonchev–Trinajstić information content (AvgIpc) is 2.76. The lowest BCUT2D eigenvalue weighted by atomic mass is 9.82. The Morgan fingerprint density at radius 1 is 1.37 bits per heavy atom. The standard InChI is InChI=1S/C15H22N2OS/c1-10(15(2,3)4)9-16-14-17-12-7-6-11(18-5)8-13(12)19-14/h6-8,10H,9H2,1-5H3,(H,16,17). The van der Waals surface area contributed by atoms with Gasteiger partial charge in [-0.05, 0) is 29.5 Å². The molecule has 0 saturated carbocycles. The van der Waals surface area contributed by atoms with Crippen LogP contribution in [-0.4, -0.2) is 18.6 Å². The van der Waals surface area contributed by atoms with E-state index in [1.54, 1.807) is 18.4 Å². The van der Waals surface area contributed by atoms with Crippen LogP contribution in [0.1, 0.15) is 27.7 Å². The van der Waals surface area contributed by atoms with Crippen molar-refractivity contribution >= 4 is 26.7 Å². The van der Waals surface area contributed by atoms with Crippen LogP contribution < -0.4 is 10.1 Å². The van der Waals surface area contributed by atoms with Crippen molar-refractivity contribution in [1.82, 2.24) is 4.98 Å². The molecule has 1 unspecified atom stereocenters. The molecule has 1 N–H and O–H groups in total. The number of benzene rings is 1. The summed E-state index contributed by atoms with van der Waals surface area (Å²) in [5.41, 5.74) is 1.34. The molecule has 4 heteroatoms. The fourth-order valence-electron chi connectivity index (χ4n) is 1.65. The fraction of sp³-hybridized carbons (Fsp3) is 0.533. The SMILES string of the molecule is COc1ccc2nc(NCC(C)C(C)(C)C)sc2c1. The molecule has 1 heterocycles. The van der Waals surface area contributed by atoms with E-state index in [2.05, 4.69) is 38.0 Å². The molecule has 2 rings (SSSR count). The first-order valence-corrected chi connectivity index (χ1v) is 7.40. The lowest BCUT2D eigenvalue weighted by Crippen LogP contribution is -2.24. The molecule has 0 radical (unpaired) electrons. The molecule has 0 aliphatic carbocycles. The number of hydrogen-bond donors (Lipinski definition) is 1. The monoisotopic (exact) mass is 278 g/mol. The Balaban J connectivity index is 2.09. The van der Waals surface area contributed by atoms with Crippen molar-refractivity contribution in [2.45, 2.75) is 27.7 Å². The van der Waals surface area contributed by atoms with Crippen LogP contribution in [0.15, 0.2) is 18.2 Å². The number of nitrogens with zero attached hydrogens (tertiary/aromatic N) is 1. The van der Waals surface area contributed by atoms with Gasteiger partial charge in [0.2, 0.25) is 0 Å². The van der Waals surface area contributed by atoms with Gasteiger partial charge in [-0.15, -0.1) is 0 Å². The minimum atomic E-state index is 0.312. The fourth-order valence-corrected chi connectivity index (χ4v) is 2.56. The normalized spacial score (nSPS) is 13.5. The van der Waals surface area contributed by atoms with Crippen LogP contribution in [0.5, 0.6) is 5.75 Å². The maximum atomic E-state index is 5.23. The molecule has 1 aromatic carbocycles. The molecule has 0 bridgehead atoms. The van der Waals surface area contributed by atoms with E-state index in [9.17, 15) is 0 Å². The topological polar surface area (TPSA) is 34.1 Å². The number of anilines is 1. The zero-order valence-corrected chi connectivity index (χ0v) is 13.1. The molecular weight excluding hydrogens is 256 g/mol.